The smallest absolute Gasteiger partial charge is 0.267 e. The number of rotatable bonds is 1. The van der Waals surface area contributed by atoms with Crippen LogP contribution in [0, 0.1) is 11.5 Å². The number of nitriles is 1. The summed E-state index contributed by atoms with van der Waals surface area (Å²) in [7, 11) is 0. The van der Waals surface area contributed by atoms with E-state index in [1.807, 2.05) is 0 Å². The summed E-state index contributed by atoms with van der Waals surface area (Å²) in [6, 6.07) is 8.37. The second-order valence-corrected chi connectivity index (χ2v) is 2.39. The van der Waals surface area contributed by atoms with Crippen molar-refractivity contribution >= 4 is 17.7 Å². The van der Waals surface area contributed by atoms with Gasteiger partial charge in [-0.05, 0) is 12.1 Å². The van der Waals surface area contributed by atoms with E-state index < -0.39 is 5.91 Å². The third-order valence-corrected chi connectivity index (χ3v) is 1.52. The minimum Gasteiger partial charge on any atom is -0.267 e. The van der Waals surface area contributed by atoms with Crippen molar-refractivity contribution < 1.29 is 4.79 Å². The van der Waals surface area contributed by atoms with Crippen LogP contribution in [-0.2, 0) is 0 Å². The Bertz CT molecular complexity index is 318. The van der Waals surface area contributed by atoms with Crippen LogP contribution >= 0.6 is 11.8 Å². The van der Waals surface area contributed by atoms with Crippen molar-refractivity contribution in [3.8, 4) is 6.19 Å². The Morgan fingerprint density at radius 1 is 1.42 bits per heavy atom. The molecule has 60 valence electrons. The summed E-state index contributed by atoms with van der Waals surface area (Å²) < 4.78 is 0.468. The first-order valence-corrected chi connectivity index (χ1v) is 3.54. The molecule has 0 bridgehead atoms. The highest BCUT2D eigenvalue weighted by Gasteiger charge is 2.11. The summed E-state index contributed by atoms with van der Waals surface area (Å²) >= 11 is 5.27. The molecule has 0 unspecified atom stereocenters. The van der Waals surface area contributed by atoms with Gasteiger partial charge in [0.05, 0.1) is 0 Å². The molecule has 0 saturated carbocycles. The van der Waals surface area contributed by atoms with Crippen LogP contribution in [0.5, 0.6) is 0 Å². The normalized spacial score (nSPS) is 8.67. The van der Waals surface area contributed by atoms with Crippen LogP contribution in [0.4, 0.5) is 0 Å². The highest BCUT2D eigenvalue weighted by atomic mass is 35.5. The Morgan fingerprint density at radius 2 is 2.00 bits per heavy atom. The molecule has 0 atom stereocenters. The maximum atomic E-state index is 11.1. The van der Waals surface area contributed by atoms with E-state index in [0.717, 1.165) is 0 Å². The van der Waals surface area contributed by atoms with Gasteiger partial charge in [0, 0.05) is 17.3 Å². The third-order valence-electron chi connectivity index (χ3n) is 1.29. The molecule has 0 radical (unpaired) electrons. The zero-order valence-electron chi connectivity index (χ0n) is 6.07. The quantitative estimate of drug-likeness (QED) is 0.376. The van der Waals surface area contributed by atoms with Crippen LogP contribution in [0.1, 0.15) is 10.4 Å². The molecule has 1 aromatic rings. The van der Waals surface area contributed by atoms with Crippen LogP contribution in [0.3, 0.4) is 0 Å². The van der Waals surface area contributed by atoms with Crippen LogP contribution in [0.25, 0.3) is 0 Å². The van der Waals surface area contributed by atoms with Gasteiger partial charge >= 0.3 is 0 Å². The maximum Gasteiger partial charge on any atom is 0.281 e. The zero-order chi connectivity index (χ0) is 8.97. The molecule has 0 aliphatic carbocycles. The first-order chi connectivity index (χ1) is 5.75. The van der Waals surface area contributed by atoms with Crippen molar-refractivity contribution in [2.45, 2.75) is 0 Å². The Kier molecular flexibility index (Phi) is 2.67. The van der Waals surface area contributed by atoms with E-state index in [4.69, 9.17) is 17.0 Å². The first kappa shape index (κ1) is 8.57. The van der Waals surface area contributed by atoms with E-state index in [1.54, 1.807) is 30.3 Å². The molecule has 0 aromatic heterocycles. The van der Waals surface area contributed by atoms with Gasteiger partial charge in [0.15, 0.2) is 0 Å². The minimum atomic E-state index is -0.514. The zero-order valence-corrected chi connectivity index (χ0v) is 6.82. The molecule has 0 spiro atoms. The van der Waals surface area contributed by atoms with Gasteiger partial charge in [-0.3, -0.25) is 4.79 Å². The molecule has 4 heteroatoms. The predicted molar refractivity (Wildman–Crippen MR) is 44.1 cm³/mol. The molecule has 0 heterocycles. The van der Waals surface area contributed by atoms with Crippen LogP contribution in [0.2, 0.25) is 0 Å². The van der Waals surface area contributed by atoms with Crippen LogP contribution in [-0.4, -0.2) is 10.3 Å². The second kappa shape index (κ2) is 3.74. The Morgan fingerprint density at radius 3 is 2.50 bits per heavy atom. The predicted octanol–water partition coefficient (Wildman–Crippen LogP) is 1.76. The lowest BCUT2D eigenvalue weighted by molar-refractivity contribution is 0.0905. The molecule has 1 rings (SSSR count). The molecular formula is C8H5ClN2O. The SMILES string of the molecule is N#CN(Cl)C(=O)c1ccccc1. The van der Waals surface area contributed by atoms with Gasteiger partial charge in [-0.25, -0.2) is 0 Å². The van der Waals surface area contributed by atoms with Crippen LogP contribution < -0.4 is 0 Å². The fourth-order valence-electron chi connectivity index (χ4n) is 0.739. The number of benzene rings is 1. The summed E-state index contributed by atoms with van der Waals surface area (Å²) in [5.74, 6) is -0.514. The summed E-state index contributed by atoms with van der Waals surface area (Å²) in [5.41, 5.74) is 0.397. The number of hydrogen-bond acceptors (Lipinski definition) is 2. The molecule has 1 amide bonds. The van der Waals surface area contributed by atoms with Crippen molar-refractivity contribution in [2.75, 3.05) is 0 Å². The number of carbonyl (C=O) groups is 1. The molecule has 0 saturated heterocycles. The topological polar surface area (TPSA) is 44.1 Å². The van der Waals surface area contributed by atoms with Crippen molar-refractivity contribution in [3.63, 3.8) is 0 Å². The Balaban J connectivity index is 2.88. The first-order valence-electron chi connectivity index (χ1n) is 3.20. The fraction of sp³-hybridized carbons (Fsp3) is 0. The maximum absolute atomic E-state index is 11.1. The highest BCUT2D eigenvalue weighted by Crippen LogP contribution is 2.04. The summed E-state index contributed by atoms with van der Waals surface area (Å²) in [5, 5.41) is 8.29. The Hall–Kier alpha value is -1.53. The van der Waals surface area contributed by atoms with Gasteiger partial charge in [0.1, 0.15) is 0 Å². The van der Waals surface area contributed by atoms with Crippen molar-refractivity contribution in [1.29, 1.82) is 5.26 Å². The molecular weight excluding hydrogens is 176 g/mol. The average molecular weight is 181 g/mol. The number of carbonyl (C=O) groups excluding carboxylic acids is 1. The summed E-state index contributed by atoms with van der Waals surface area (Å²) in [6.45, 7) is 0. The average Bonchev–Trinajstić information content (AvgIpc) is 2.17. The van der Waals surface area contributed by atoms with E-state index >= 15 is 0 Å². The lowest BCUT2D eigenvalue weighted by Crippen LogP contribution is -2.15. The van der Waals surface area contributed by atoms with Gasteiger partial charge in [-0.2, -0.15) is 5.26 Å². The highest BCUT2D eigenvalue weighted by molar-refractivity contribution is 6.25. The Labute approximate surface area is 74.9 Å². The van der Waals surface area contributed by atoms with E-state index in [1.165, 1.54) is 6.19 Å². The largest absolute Gasteiger partial charge is 0.281 e. The summed E-state index contributed by atoms with van der Waals surface area (Å²) in [4.78, 5) is 11.1. The fourth-order valence-corrected chi connectivity index (χ4v) is 0.837. The monoisotopic (exact) mass is 180 g/mol. The molecule has 0 N–H and O–H groups in total. The van der Waals surface area contributed by atoms with Gasteiger partial charge in [-0.15, -0.1) is 4.42 Å². The van der Waals surface area contributed by atoms with Crippen molar-refractivity contribution in [1.82, 2.24) is 4.42 Å². The standard InChI is InChI=1S/C8H5ClN2O/c9-11(6-10)8(12)7-4-2-1-3-5-7/h1-5H. The second-order valence-electron chi connectivity index (χ2n) is 2.05. The van der Waals surface area contributed by atoms with Crippen molar-refractivity contribution in [2.24, 2.45) is 0 Å². The van der Waals surface area contributed by atoms with E-state index in [-0.39, 0.29) is 0 Å². The van der Waals surface area contributed by atoms with E-state index in [0.29, 0.717) is 9.98 Å². The third kappa shape index (κ3) is 1.74. The molecule has 0 fully saturated rings. The van der Waals surface area contributed by atoms with Gasteiger partial charge < -0.3 is 0 Å². The van der Waals surface area contributed by atoms with E-state index in [9.17, 15) is 4.79 Å². The number of hydrogen-bond donors (Lipinski definition) is 0. The van der Waals surface area contributed by atoms with Crippen molar-refractivity contribution in [3.05, 3.63) is 35.9 Å². The lowest BCUT2D eigenvalue weighted by Gasteiger charge is -2.01. The molecule has 3 nitrogen and oxygen atoms in total. The number of nitrogens with zero attached hydrogens (tertiary/aromatic N) is 2. The van der Waals surface area contributed by atoms with Gasteiger partial charge in [0.25, 0.3) is 5.91 Å². The van der Waals surface area contributed by atoms with Gasteiger partial charge in [-0.1, -0.05) is 18.2 Å². The number of amides is 1. The molecule has 12 heavy (non-hydrogen) atoms. The van der Waals surface area contributed by atoms with Gasteiger partial charge in [0.2, 0.25) is 6.19 Å². The van der Waals surface area contributed by atoms with Crippen LogP contribution in [0.15, 0.2) is 30.3 Å². The van der Waals surface area contributed by atoms with E-state index in [2.05, 4.69) is 0 Å². The molecule has 1 aromatic carbocycles. The number of halogens is 1. The minimum absolute atomic E-state index is 0.397. The summed E-state index contributed by atoms with van der Waals surface area (Å²) in [6.07, 6.45) is 1.51. The lowest BCUT2D eigenvalue weighted by atomic mass is 10.2. The molecule has 0 aliphatic rings. The molecule has 0 aliphatic heterocycles.